The second-order valence-electron chi connectivity index (χ2n) is 4.32. The molecule has 0 saturated heterocycles. The number of nitro groups is 1. The lowest BCUT2D eigenvalue weighted by atomic mass is 10.2. The number of para-hydroxylation sites is 1. The Hall–Kier alpha value is -3.03. The summed E-state index contributed by atoms with van der Waals surface area (Å²) in [6.07, 6.45) is 1.21. The summed E-state index contributed by atoms with van der Waals surface area (Å²) in [7, 11) is 0. The van der Waals surface area contributed by atoms with Gasteiger partial charge in [-0.15, -0.1) is 5.10 Å². The number of nitrogens with one attached hydrogen (secondary N) is 1. The molecule has 0 aliphatic rings. The maximum atomic E-state index is 13.1. The topological polar surface area (TPSA) is 85.4 Å². The third kappa shape index (κ3) is 2.64. The van der Waals surface area contributed by atoms with Crippen molar-refractivity contribution in [3.05, 3.63) is 64.1 Å². The van der Waals surface area contributed by atoms with Gasteiger partial charge in [-0.25, -0.2) is 8.91 Å². The van der Waals surface area contributed by atoms with Crippen LogP contribution in [-0.4, -0.2) is 19.5 Å². The first-order valence-electron chi connectivity index (χ1n) is 6.11. The summed E-state index contributed by atoms with van der Waals surface area (Å²) in [6.45, 7) is 0.205. The van der Waals surface area contributed by atoms with E-state index in [-0.39, 0.29) is 18.2 Å². The number of fused-ring (bicyclic) bond motifs is 1. The van der Waals surface area contributed by atoms with Crippen LogP contribution >= 0.6 is 0 Å². The molecular formula is C13H10FN5O2. The number of nitro benzene ring substituents is 1. The van der Waals surface area contributed by atoms with Gasteiger partial charge in [0.2, 0.25) is 5.95 Å². The zero-order chi connectivity index (χ0) is 14.8. The second kappa shape index (κ2) is 5.16. The van der Waals surface area contributed by atoms with Gasteiger partial charge in [-0.1, -0.05) is 18.2 Å². The van der Waals surface area contributed by atoms with Crippen molar-refractivity contribution in [3.8, 4) is 0 Å². The van der Waals surface area contributed by atoms with Gasteiger partial charge in [0.05, 0.1) is 11.1 Å². The fourth-order valence-corrected chi connectivity index (χ4v) is 1.95. The minimum absolute atomic E-state index is 0.0276. The highest BCUT2D eigenvalue weighted by molar-refractivity contribution is 5.45. The molecule has 0 amide bonds. The molecule has 106 valence electrons. The molecule has 0 bridgehead atoms. The van der Waals surface area contributed by atoms with E-state index in [1.54, 1.807) is 18.2 Å². The normalized spacial score (nSPS) is 10.7. The van der Waals surface area contributed by atoms with Crippen LogP contribution in [-0.2, 0) is 6.54 Å². The number of halogens is 1. The van der Waals surface area contributed by atoms with Crippen molar-refractivity contribution < 1.29 is 9.31 Å². The molecule has 0 atom stereocenters. The summed E-state index contributed by atoms with van der Waals surface area (Å²) in [5.74, 6) is -0.142. The van der Waals surface area contributed by atoms with Crippen LogP contribution in [0.2, 0.25) is 0 Å². The molecule has 8 heteroatoms. The highest BCUT2D eigenvalue weighted by Gasteiger charge is 2.12. The van der Waals surface area contributed by atoms with Crippen molar-refractivity contribution in [1.82, 2.24) is 14.6 Å². The molecule has 2 aromatic heterocycles. The third-order valence-corrected chi connectivity index (χ3v) is 2.92. The van der Waals surface area contributed by atoms with Gasteiger partial charge in [-0.2, -0.15) is 4.98 Å². The van der Waals surface area contributed by atoms with Gasteiger partial charge in [0, 0.05) is 18.2 Å². The van der Waals surface area contributed by atoms with Gasteiger partial charge >= 0.3 is 0 Å². The molecule has 3 aromatic rings. The van der Waals surface area contributed by atoms with Gasteiger partial charge in [0.15, 0.2) is 5.65 Å². The molecule has 2 heterocycles. The summed E-state index contributed by atoms with van der Waals surface area (Å²) in [5, 5.41) is 17.9. The molecule has 7 nitrogen and oxygen atoms in total. The highest BCUT2D eigenvalue weighted by atomic mass is 19.1. The van der Waals surface area contributed by atoms with Crippen molar-refractivity contribution in [1.29, 1.82) is 0 Å². The Bertz CT molecular complexity index is 817. The minimum atomic E-state index is -0.441. The van der Waals surface area contributed by atoms with Crippen LogP contribution in [0.15, 0.2) is 42.6 Å². The van der Waals surface area contributed by atoms with Gasteiger partial charge < -0.3 is 5.32 Å². The van der Waals surface area contributed by atoms with E-state index in [0.717, 1.165) is 0 Å². The molecule has 1 N–H and O–H groups in total. The molecule has 3 rings (SSSR count). The SMILES string of the molecule is O=[N+]([O-])c1ccccc1CNc1nc2ccc(F)cn2n1. The van der Waals surface area contributed by atoms with E-state index < -0.39 is 10.7 Å². The Kier molecular flexibility index (Phi) is 3.19. The summed E-state index contributed by atoms with van der Waals surface area (Å²) in [6, 6.07) is 9.20. The standard InChI is InChI=1S/C13H10FN5O2/c14-10-5-6-12-16-13(17-18(12)8-10)15-7-9-3-1-2-4-11(9)19(20)21/h1-6,8H,7H2,(H,15,17). The number of nitrogens with zero attached hydrogens (tertiary/aromatic N) is 4. The van der Waals surface area contributed by atoms with Crippen molar-refractivity contribution >= 4 is 17.3 Å². The number of rotatable bonds is 4. The molecular weight excluding hydrogens is 277 g/mol. The number of pyridine rings is 1. The first kappa shape index (κ1) is 13.0. The van der Waals surface area contributed by atoms with Crippen LogP contribution in [0.5, 0.6) is 0 Å². The van der Waals surface area contributed by atoms with Crippen LogP contribution in [0.25, 0.3) is 5.65 Å². The first-order valence-corrected chi connectivity index (χ1v) is 6.11. The van der Waals surface area contributed by atoms with Crippen molar-refractivity contribution in [3.63, 3.8) is 0 Å². The lowest BCUT2D eigenvalue weighted by Crippen LogP contribution is -2.04. The molecule has 0 spiro atoms. The average molecular weight is 287 g/mol. The zero-order valence-electron chi connectivity index (χ0n) is 10.7. The predicted molar refractivity (Wildman–Crippen MR) is 73.4 cm³/mol. The smallest absolute Gasteiger partial charge is 0.274 e. The Balaban J connectivity index is 1.82. The van der Waals surface area contributed by atoms with Crippen LogP contribution in [0, 0.1) is 15.9 Å². The molecule has 0 aliphatic carbocycles. The number of hydrogen-bond donors (Lipinski definition) is 1. The molecule has 0 aliphatic heterocycles. The summed E-state index contributed by atoms with van der Waals surface area (Å²) in [5.41, 5.74) is 1.04. The van der Waals surface area contributed by atoms with Gasteiger partial charge in [0.1, 0.15) is 5.82 Å². The summed E-state index contributed by atoms with van der Waals surface area (Å²) in [4.78, 5) is 14.6. The first-order chi connectivity index (χ1) is 10.1. The van der Waals surface area contributed by atoms with Crippen LogP contribution in [0.1, 0.15) is 5.56 Å². The van der Waals surface area contributed by atoms with Crippen LogP contribution in [0.3, 0.4) is 0 Å². The fraction of sp³-hybridized carbons (Fsp3) is 0.0769. The van der Waals surface area contributed by atoms with E-state index in [2.05, 4.69) is 15.4 Å². The van der Waals surface area contributed by atoms with Crippen molar-refractivity contribution in [2.45, 2.75) is 6.54 Å². The van der Waals surface area contributed by atoms with Crippen molar-refractivity contribution in [2.75, 3.05) is 5.32 Å². The Morgan fingerprint density at radius 1 is 1.29 bits per heavy atom. The van der Waals surface area contributed by atoms with E-state index >= 15 is 0 Å². The molecule has 0 fully saturated rings. The molecule has 1 aromatic carbocycles. The minimum Gasteiger partial charge on any atom is -0.349 e. The molecule has 21 heavy (non-hydrogen) atoms. The highest BCUT2D eigenvalue weighted by Crippen LogP contribution is 2.18. The third-order valence-electron chi connectivity index (χ3n) is 2.92. The average Bonchev–Trinajstić information content (AvgIpc) is 2.87. The van der Waals surface area contributed by atoms with Crippen molar-refractivity contribution in [2.24, 2.45) is 0 Å². The largest absolute Gasteiger partial charge is 0.349 e. The van der Waals surface area contributed by atoms with E-state index in [1.165, 1.54) is 28.9 Å². The van der Waals surface area contributed by atoms with E-state index in [4.69, 9.17) is 0 Å². The van der Waals surface area contributed by atoms with E-state index in [1.807, 2.05) is 0 Å². The van der Waals surface area contributed by atoms with E-state index in [9.17, 15) is 14.5 Å². The van der Waals surface area contributed by atoms with Gasteiger partial charge in [-0.3, -0.25) is 10.1 Å². The van der Waals surface area contributed by atoms with Crippen LogP contribution < -0.4 is 5.32 Å². The fourth-order valence-electron chi connectivity index (χ4n) is 1.95. The molecule has 0 unspecified atom stereocenters. The Labute approximate surface area is 118 Å². The quantitative estimate of drug-likeness (QED) is 0.588. The van der Waals surface area contributed by atoms with E-state index in [0.29, 0.717) is 11.2 Å². The lowest BCUT2D eigenvalue weighted by Gasteiger charge is -2.02. The molecule has 0 radical (unpaired) electrons. The predicted octanol–water partition coefficient (Wildman–Crippen LogP) is 2.39. The second-order valence-corrected chi connectivity index (χ2v) is 4.32. The van der Waals surface area contributed by atoms with Crippen LogP contribution in [0.4, 0.5) is 16.0 Å². The number of hydrogen-bond acceptors (Lipinski definition) is 5. The summed E-state index contributed by atoms with van der Waals surface area (Å²) < 4.78 is 14.4. The van der Waals surface area contributed by atoms with Gasteiger partial charge in [0.25, 0.3) is 5.69 Å². The maximum absolute atomic E-state index is 13.1. The lowest BCUT2D eigenvalue weighted by molar-refractivity contribution is -0.385. The Morgan fingerprint density at radius 2 is 2.10 bits per heavy atom. The maximum Gasteiger partial charge on any atom is 0.274 e. The number of benzene rings is 1. The summed E-state index contributed by atoms with van der Waals surface area (Å²) >= 11 is 0. The monoisotopic (exact) mass is 287 g/mol. The molecule has 0 saturated carbocycles. The number of anilines is 1. The van der Waals surface area contributed by atoms with Gasteiger partial charge in [-0.05, 0) is 12.1 Å². The Morgan fingerprint density at radius 3 is 2.90 bits per heavy atom. The number of aromatic nitrogens is 3. The zero-order valence-corrected chi connectivity index (χ0v) is 10.7.